The molecule has 2 fully saturated rings. The van der Waals surface area contributed by atoms with Gasteiger partial charge in [-0.1, -0.05) is 41.6 Å². The van der Waals surface area contributed by atoms with Crippen LogP contribution in [-0.4, -0.2) is 32.9 Å². The summed E-state index contributed by atoms with van der Waals surface area (Å²) in [5.41, 5.74) is 2.89. The van der Waals surface area contributed by atoms with Crippen LogP contribution in [0.4, 0.5) is 5.82 Å². The van der Waals surface area contributed by atoms with Gasteiger partial charge < -0.3 is 10.1 Å². The van der Waals surface area contributed by atoms with Crippen molar-refractivity contribution in [2.45, 2.75) is 44.9 Å². The molecule has 1 N–H and O–H groups in total. The first kappa shape index (κ1) is 20.7. The molecular formula is C25H23ClN4O2. The van der Waals surface area contributed by atoms with Crippen LogP contribution >= 0.6 is 11.6 Å². The molecule has 3 atom stereocenters. The molecule has 2 aliphatic heterocycles. The molecular weight excluding hydrogens is 424 g/mol. The molecule has 4 heterocycles. The molecule has 162 valence electrons. The zero-order valence-corrected chi connectivity index (χ0v) is 18.5. The number of nitrogens with zero attached hydrogens (tertiary/aromatic N) is 3. The van der Waals surface area contributed by atoms with Gasteiger partial charge in [-0.05, 0) is 49.9 Å². The summed E-state index contributed by atoms with van der Waals surface area (Å²) in [4.78, 5) is 17.4. The van der Waals surface area contributed by atoms with E-state index in [2.05, 4.69) is 27.2 Å². The molecule has 0 saturated carbocycles. The Balaban J connectivity index is 1.30. The molecule has 0 spiro atoms. The molecule has 2 aliphatic rings. The third kappa shape index (κ3) is 4.27. The Kier molecular flexibility index (Phi) is 5.69. The average molecular weight is 447 g/mol. The van der Waals surface area contributed by atoms with Crippen LogP contribution in [0.2, 0.25) is 5.02 Å². The Morgan fingerprint density at radius 3 is 2.75 bits per heavy atom. The molecule has 6 nitrogen and oxygen atoms in total. The number of ether oxygens (including phenoxy) is 1. The van der Waals surface area contributed by atoms with Gasteiger partial charge in [0.05, 0.1) is 23.4 Å². The third-order valence-electron chi connectivity index (χ3n) is 6.08. The molecule has 1 aromatic carbocycles. The number of anilines is 1. The Hall–Kier alpha value is -3.14. The number of pyridine rings is 1. The van der Waals surface area contributed by atoms with Crippen LogP contribution in [0.25, 0.3) is 0 Å². The van der Waals surface area contributed by atoms with Gasteiger partial charge in [0.1, 0.15) is 11.5 Å². The molecule has 2 bridgehead atoms. The van der Waals surface area contributed by atoms with Gasteiger partial charge in [-0.25, -0.2) is 4.98 Å². The van der Waals surface area contributed by atoms with Crippen LogP contribution in [0.5, 0.6) is 0 Å². The fourth-order valence-corrected chi connectivity index (χ4v) is 4.72. The molecule has 7 heteroatoms. The average Bonchev–Trinajstić information content (AvgIpc) is 3.51. The molecule has 0 radical (unpaired) electrons. The standard InChI is InChI=1S/C25H23ClN4O2/c1-16-11-18(8-7-17-5-3-2-4-6-17)13-27-24(16)29-25(31)23-21(26)14-28-30(23)15-19-12-20-9-10-22(19)32-20/h2-6,11,13-14,19-20,22H,9-10,12,15H2,1H3,(H,27,29,31)/t19-,20+,22-/m0/s1. The second kappa shape index (κ2) is 8.78. The van der Waals surface area contributed by atoms with Crippen molar-refractivity contribution >= 4 is 23.3 Å². The van der Waals surface area contributed by atoms with Gasteiger partial charge >= 0.3 is 0 Å². The number of halogens is 1. The van der Waals surface area contributed by atoms with E-state index in [0.29, 0.717) is 35.1 Å². The zero-order chi connectivity index (χ0) is 22.1. The molecule has 32 heavy (non-hydrogen) atoms. The van der Waals surface area contributed by atoms with Crippen molar-refractivity contribution in [3.8, 4) is 11.8 Å². The van der Waals surface area contributed by atoms with E-state index >= 15 is 0 Å². The van der Waals surface area contributed by atoms with Crippen molar-refractivity contribution in [2.75, 3.05) is 5.32 Å². The first-order chi connectivity index (χ1) is 15.6. The van der Waals surface area contributed by atoms with Crippen molar-refractivity contribution < 1.29 is 9.53 Å². The van der Waals surface area contributed by atoms with E-state index in [1.165, 1.54) is 6.20 Å². The van der Waals surface area contributed by atoms with E-state index in [1.54, 1.807) is 10.9 Å². The number of fused-ring (bicyclic) bond motifs is 2. The Bertz CT molecular complexity index is 1210. The molecule has 2 aromatic heterocycles. The van der Waals surface area contributed by atoms with Gasteiger partial charge in [-0.2, -0.15) is 5.10 Å². The van der Waals surface area contributed by atoms with Gasteiger partial charge in [-0.3, -0.25) is 9.48 Å². The maximum absolute atomic E-state index is 13.0. The number of amides is 1. The van der Waals surface area contributed by atoms with Crippen LogP contribution in [-0.2, 0) is 11.3 Å². The lowest BCUT2D eigenvalue weighted by molar-refractivity contribution is 0.0883. The van der Waals surface area contributed by atoms with E-state index in [-0.39, 0.29) is 12.0 Å². The Morgan fingerprint density at radius 2 is 2.03 bits per heavy atom. The van der Waals surface area contributed by atoms with Crippen molar-refractivity contribution in [3.05, 3.63) is 76.2 Å². The third-order valence-corrected chi connectivity index (χ3v) is 6.36. The molecule has 0 unspecified atom stereocenters. The van der Waals surface area contributed by atoms with Crippen LogP contribution in [0.1, 0.15) is 46.4 Å². The predicted molar refractivity (Wildman–Crippen MR) is 123 cm³/mol. The lowest BCUT2D eigenvalue weighted by Gasteiger charge is -2.19. The SMILES string of the molecule is Cc1cc(C#Cc2ccccc2)cnc1NC(=O)c1c(Cl)cnn1C[C@@H]1C[C@H]2CC[C@@H]1O2. The summed E-state index contributed by atoms with van der Waals surface area (Å²) in [5, 5.41) is 7.55. The van der Waals surface area contributed by atoms with Crippen molar-refractivity contribution in [2.24, 2.45) is 5.92 Å². The van der Waals surface area contributed by atoms with Gasteiger partial charge in [0, 0.05) is 29.8 Å². The second-order valence-electron chi connectivity index (χ2n) is 8.35. The predicted octanol–water partition coefficient (Wildman–Crippen LogP) is 4.46. The van der Waals surface area contributed by atoms with Crippen molar-refractivity contribution in [1.29, 1.82) is 0 Å². The van der Waals surface area contributed by atoms with Crippen LogP contribution in [0.15, 0.2) is 48.8 Å². The largest absolute Gasteiger partial charge is 0.375 e. The van der Waals surface area contributed by atoms with Crippen molar-refractivity contribution in [1.82, 2.24) is 14.8 Å². The van der Waals surface area contributed by atoms with Crippen LogP contribution < -0.4 is 5.32 Å². The number of benzene rings is 1. The first-order valence-electron chi connectivity index (χ1n) is 10.8. The highest BCUT2D eigenvalue weighted by atomic mass is 35.5. The molecule has 2 saturated heterocycles. The minimum Gasteiger partial charge on any atom is -0.375 e. The minimum atomic E-state index is -0.324. The maximum atomic E-state index is 13.0. The summed E-state index contributed by atoms with van der Waals surface area (Å²) in [6.45, 7) is 2.51. The quantitative estimate of drug-likeness (QED) is 0.601. The van der Waals surface area contributed by atoms with Crippen molar-refractivity contribution in [3.63, 3.8) is 0 Å². The molecule has 5 rings (SSSR count). The summed E-state index contributed by atoms with van der Waals surface area (Å²) in [5.74, 6) is 6.74. The molecule has 0 aliphatic carbocycles. The summed E-state index contributed by atoms with van der Waals surface area (Å²) in [7, 11) is 0. The van der Waals surface area contributed by atoms with E-state index in [4.69, 9.17) is 16.3 Å². The summed E-state index contributed by atoms with van der Waals surface area (Å²) < 4.78 is 7.64. The minimum absolute atomic E-state index is 0.257. The number of carbonyl (C=O) groups is 1. The van der Waals surface area contributed by atoms with Crippen LogP contribution in [0, 0.1) is 24.7 Å². The summed E-state index contributed by atoms with van der Waals surface area (Å²) in [6.07, 6.45) is 7.00. The van der Waals surface area contributed by atoms with E-state index in [0.717, 1.165) is 36.0 Å². The smallest absolute Gasteiger partial charge is 0.276 e. The lowest BCUT2D eigenvalue weighted by Crippen LogP contribution is -2.26. The highest BCUT2D eigenvalue weighted by Crippen LogP contribution is 2.39. The normalized spacial score (nSPS) is 21.2. The van der Waals surface area contributed by atoms with Gasteiger partial charge in [0.2, 0.25) is 0 Å². The van der Waals surface area contributed by atoms with Crippen LogP contribution in [0.3, 0.4) is 0 Å². The highest BCUT2D eigenvalue weighted by Gasteiger charge is 2.41. The summed E-state index contributed by atoms with van der Waals surface area (Å²) >= 11 is 6.32. The number of hydrogen-bond donors (Lipinski definition) is 1. The number of aromatic nitrogens is 3. The number of rotatable bonds is 4. The topological polar surface area (TPSA) is 69.0 Å². The van der Waals surface area contributed by atoms with Gasteiger partial charge in [0.25, 0.3) is 5.91 Å². The second-order valence-corrected chi connectivity index (χ2v) is 8.76. The zero-order valence-electron chi connectivity index (χ0n) is 17.7. The monoisotopic (exact) mass is 446 g/mol. The first-order valence-corrected chi connectivity index (χ1v) is 11.2. The Labute approximate surface area is 192 Å². The van der Waals surface area contributed by atoms with E-state index in [1.807, 2.05) is 43.3 Å². The lowest BCUT2D eigenvalue weighted by atomic mass is 9.89. The van der Waals surface area contributed by atoms with E-state index < -0.39 is 0 Å². The highest BCUT2D eigenvalue weighted by molar-refractivity contribution is 6.34. The fraction of sp³-hybridized carbons (Fsp3) is 0.320. The number of carbonyl (C=O) groups excluding carboxylic acids is 1. The van der Waals surface area contributed by atoms with Gasteiger partial charge in [0.15, 0.2) is 0 Å². The molecule has 1 amide bonds. The van der Waals surface area contributed by atoms with E-state index in [9.17, 15) is 4.79 Å². The van der Waals surface area contributed by atoms with Gasteiger partial charge in [-0.15, -0.1) is 0 Å². The summed E-state index contributed by atoms with van der Waals surface area (Å²) in [6, 6.07) is 11.7. The number of aryl methyl sites for hydroxylation is 1. The Morgan fingerprint density at radius 1 is 1.22 bits per heavy atom. The molecule has 3 aromatic rings. The number of nitrogens with one attached hydrogen (secondary N) is 1. The fourth-order valence-electron chi connectivity index (χ4n) is 4.49. The maximum Gasteiger partial charge on any atom is 0.276 e. The number of hydrogen-bond acceptors (Lipinski definition) is 4.